The molecule has 0 aromatic carbocycles. The van der Waals surface area contributed by atoms with E-state index in [-0.39, 0.29) is 0 Å². The van der Waals surface area contributed by atoms with Crippen molar-refractivity contribution >= 4 is 32.9 Å². The van der Waals surface area contributed by atoms with Gasteiger partial charge in [-0.15, -0.1) is 2.52 Å². The largest absolute Gasteiger partial charge is 0.222 e. The van der Waals surface area contributed by atoms with Crippen LogP contribution in [0, 0.1) is 11.8 Å². The average Bonchev–Trinajstić information content (AvgIpc) is 1.94. The molecule has 12 heavy (non-hydrogen) atoms. The first-order valence-electron chi connectivity index (χ1n) is 4.09. The monoisotopic (exact) mass is 303 g/mol. The summed E-state index contributed by atoms with van der Waals surface area (Å²) in [6, 6.07) is 0. The van der Waals surface area contributed by atoms with Gasteiger partial charge in [0.1, 0.15) is 0 Å². The Morgan fingerprint density at radius 1 is 1.50 bits per heavy atom. The van der Waals surface area contributed by atoms with Crippen LogP contribution in [0.25, 0.3) is 0 Å². The molecule has 0 aromatic rings. The number of sulfonamides is 1. The Kier molecular flexibility index (Phi) is 3.39. The van der Waals surface area contributed by atoms with Crippen LogP contribution in [0.5, 0.6) is 0 Å². The maximum Gasteiger partial charge on any atom is 0.222 e. The van der Waals surface area contributed by atoms with Crippen molar-refractivity contribution in [3.8, 4) is 0 Å². The minimum Gasteiger partial charge on any atom is -0.211 e. The molecule has 0 saturated carbocycles. The van der Waals surface area contributed by atoms with E-state index in [1.807, 2.05) is 22.9 Å². The fraction of sp³-hybridized carbons (Fsp3) is 1.00. The van der Waals surface area contributed by atoms with Crippen LogP contribution in [0.3, 0.4) is 0 Å². The Bertz CT molecular complexity index is 250. The second kappa shape index (κ2) is 3.79. The van der Waals surface area contributed by atoms with Gasteiger partial charge in [0.15, 0.2) is 0 Å². The minimum absolute atomic E-state index is 0.318. The third-order valence-electron chi connectivity index (χ3n) is 2.37. The van der Waals surface area contributed by atoms with Crippen molar-refractivity contribution in [1.29, 1.82) is 0 Å². The van der Waals surface area contributed by atoms with Crippen molar-refractivity contribution < 1.29 is 8.42 Å². The third kappa shape index (κ3) is 2.32. The van der Waals surface area contributed by atoms with Crippen LogP contribution < -0.4 is 0 Å². The van der Waals surface area contributed by atoms with E-state index in [2.05, 4.69) is 13.8 Å². The standard InChI is InChI=1S/C7H14INO2S/c1-6(2)7-3-4-12(10,11)9(8)5-7/h6-7H,3-5H2,1-2H3/t7-/m1/s1. The first kappa shape index (κ1) is 10.7. The van der Waals surface area contributed by atoms with E-state index in [0.29, 0.717) is 24.1 Å². The molecule has 0 aliphatic carbocycles. The first-order chi connectivity index (χ1) is 5.43. The van der Waals surface area contributed by atoms with Gasteiger partial charge in [-0.1, -0.05) is 13.8 Å². The quantitative estimate of drug-likeness (QED) is 0.545. The lowest BCUT2D eigenvalue weighted by Crippen LogP contribution is -2.37. The summed E-state index contributed by atoms with van der Waals surface area (Å²) in [5.74, 6) is 1.43. The van der Waals surface area contributed by atoms with E-state index in [4.69, 9.17) is 0 Å². The van der Waals surface area contributed by atoms with Crippen molar-refractivity contribution in [2.24, 2.45) is 11.8 Å². The summed E-state index contributed by atoms with van der Waals surface area (Å²) in [5, 5.41) is 0. The van der Waals surface area contributed by atoms with Gasteiger partial charge in [0.2, 0.25) is 10.0 Å². The Balaban J connectivity index is 2.64. The molecule has 0 spiro atoms. The van der Waals surface area contributed by atoms with E-state index < -0.39 is 10.0 Å². The summed E-state index contributed by atoms with van der Waals surface area (Å²) < 4.78 is 24.0. The van der Waals surface area contributed by atoms with E-state index in [0.717, 1.165) is 6.42 Å². The second-order valence-corrected chi connectivity index (χ2v) is 7.41. The Labute approximate surface area is 88.1 Å². The predicted octanol–water partition coefficient (Wildman–Crippen LogP) is 1.64. The lowest BCUT2D eigenvalue weighted by molar-refractivity contribution is 0.328. The zero-order valence-electron chi connectivity index (χ0n) is 7.33. The molecule has 0 N–H and O–H groups in total. The number of nitrogens with zero attached hydrogens (tertiary/aromatic N) is 1. The normalized spacial score (nSPS) is 30.8. The molecule has 0 bridgehead atoms. The molecule has 1 heterocycles. The predicted molar refractivity (Wildman–Crippen MR) is 57.5 cm³/mol. The van der Waals surface area contributed by atoms with Gasteiger partial charge in [-0.05, 0) is 18.3 Å². The highest BCUT2D eigenvalue weighted by Gasteiger charge is 2.31. The molecule has 0 amide bonds. The molecular weight excluding hydrogens is 289 g/mol. The van der Waals surface area contributed by atoms with Crippen molar-refractivity contribution in [3.63, 3.8) is 0 Å². The molecule has 5 heteroatoms. The lowest BCUT2D eigenvalue weighted by Gasteiger charge is -2.30. The SMILES string of the molecule is CC(C)[C@@H]1CCS(=O)(=O)N(I)C1. The molecule has 0 aromatic heterocycles. The molecule has 1 saturated heterocycles. The minimum atomic E-state index is -2.91. The zero-order chi connectivity index (χ0) is 9.35. The Morgan fingerprint density at radius 2 is 2.08 bits per heavy atom. The van der Waals surface area contributed by atoms with Gasteiger partial charge in [0.05, 0.1) is 5.75 Å². The highest BCUT2D eigenvalue weighted by atomic mass is 127. The summed E-state index contributed by atoms with van der Waals surface area (Å²) >= 11 is 1.89. The zero-order valence-corrected chi connectivity index (χ0v) is 10.3. The second-order valence-electron chi connectivity index (χ2n) is 3.58. The van der Waals surface area contributed by atoms with Crippen molar-refractivity contribution in [2.45, 2.75) is 20.3 Å². The fourth-order valence-electron chi connectivity index (χ4n) is 1.33. The maximum absolute atomic E-state index is 11.3. The number of halogens is 1. The molecular formula is C7H14INO2S. The summed E-state index contributed by atoms with van der Waals surface area (Å²) in [6.07, 6.45) is 0.819. The molecule has 1 rings (SSSR count). The van der Waals surface area contributed by atoms with E-state index >= 15 is 0 Å². The van der Waals surface area contributed by atoms with Crippen LogP contribution in [-0.2, 0) is 10.0 Å². The molecule has 3 nitrogen and oxygen atoms in total. The highest BCUT2D eigenvalue weighted by molar-refractivity contribution is 14.1. The third-order valence-corrected chi connectivity index (χ3v) is 6.07. The average molecular weight is 303 g/mol. The summed E-state index contributed by atoms with van der Waals surface area (Å²) in [5.41, 5.74) is 0. The smallest absolute Gasteiger partial charge is 0.211 e. The topological polar surface area (TPSA) is 37.4 Å². The van der Waals surface area contributed by atoms with Crippen LogP contribution in [0.2, 0.25) is 0 Å². The van der Waals surface area contributed by atoms with Crippen LogP contribution in [0.15, 0.2) is 0 Å². The van der Waals surface area contributed by atoms with Crippen LogP contribution in [0.1, 0.15) is 20.3 Å². The van der Waals surface area contributed by atoms with Gasteiger partial charge in [-0.3, -0.25) is 0 Å². The molecule has 72 valence electrons. The highest BCUT2D eigenvalue weighted by Crippen LogP contribution is 2.27. The van der Waals surface area contributed by atoms with Gasteiger partial charge < -0.3 is 0 Å². The summed E-state index contributed by atoms with van der Waals surface area (Å²) in [6.45, 7) is 4.97. The molecule has 1 aliphatic rings. The maximum atomic E-state index is 11.3. The number of rotatable bonds is 1. The molecule has 1 fully saturated rings. The molecule has 1 aliphatic heterocycles. The number of hydrogen-bond donors (Lipinski definition) is 0. The van der Waals surface area contributed by atoms with Gasteiger partial charge in [-0.25, -0.2) is 8.42 Å². The Morgan fingerprint density at radius 3 is 2.50 bits per heavy atom. The van der Waals surface area contributed by atoms with Crippen molar-refractivity contribution in [2.75, 3.05) is 12.3 Å². The molecule has 1 atom stereocenters. The van der Waals surface area contributed by atoms with Gasteiger partial charge in [0, 0.05) is 29.4 Å². The lowest BCUT2D eigenvalue weighted by atomic mass is 9.93. The van der Waals surface area contributed by atoms with E-state index in [1.165, 1.54) is 2.52 Å². The molecule has 0 radical (unpaired) electrons. The first-order valence-corrected chi connectivity index (χ1v) is 6.67. The van der Waals surface area contributed by atoms with Crippen molar-refractivity contribution in [1.82, 2.24) is 2.52 Å². The van der Waals surface area contributed by atoms with E-state index in [9.17, 15) is 8.42 Å². The number of hydrogen-bond acceptors (Lipinski definition) is 2. The van der Waals surface area contributed by atoms with Crippen molar-refractivity contribution in [3.05, 3.63) is 0 Å². The van der Waals surface area contributed by atoms with Gasteiger partial charge in [-0.2, -0.15) is 0 Å². The summed E-state index contributed by atoms with van der Waals surface area (Å²) in [7, 11) is -2.91. The molecule has 0 unspecified atom stereocenters. The van der Waals surface area contributed by atoms with Gasteiger partial charge in [0.25, 0.3) is 0 Å². The van der Waals surface area contributed by atoms with E-state index in [1.54, 1.807) is 0 Å². The fourth-order valence-corrected chi connectivity index (χ4v) is 3.65. The Hall–Kier alpha value is 0.640. The van der Waals surface area contributed by atoms with Crippen LogP contribution in [0.4, 0.5) is 0 Å². The summed E-state index contributed by atoms with van der Waals surface area (Å²) in [4.78, 5) is 0. The van der Waals surface area contributed by atoms with Crippen LogP contribution in [-0.4, -0.2) is 23.2 Å². The van der Waals surface area contributed by atoms with Crippen LogP contribution >= 0.6 is 22.9 Å². The van der Waals surface area contributed by atoms with Gasteiger partial charge >= 0.3 is 0 Å².